The van der Waals surface area contributed by atoms with Gasteiger partial charge in [0, 0.05) is 12.1 Å². The van der Waals surface area contributed by atoms with Crippen molar-refractivity contribution in [2.75, 3.05) is 11.9 Å². The maximum absolute atomic E-state index is 11.4. The van der Waals surface area contributed by atoms with Gasteiger partial charge in [-0.1, -0.05) is 0 Å². The summed E-state index contributed by atoms with van der Waals surface area (Å²) in [7, 11) is 0. The molecule has 0 aliphatic heterocycles. The van der Waals surface area contributed by atoms with Gasteiger partial charge in [-0.2, -0.15) is 0 Å². The first-order chi connectivity index (χ1) is 7.63. The molecule has 1 heterocycles. The predicted molar refractivity (Wildman–Crippen MR) is 61.3 cm³/mol. The molecule has 0 spiro atoms. The topological polar surface area (TPSA) is 66.9 Å². The van der Waals surface area contributed by atoms with E-state index in [1.165, 1.54) is 0 Å². The summed E-state index contributed by atoms with van der Waals surface area (Å²) in [4.78, 5) is 11.4. The van der Waals surface area contributed by atoms with Gasteiger partial charge in [-0.25, -0.2) is 0 Å². The average molecular weight is 220 g/mol. The summed E-state index contributed by atoms with van der Waals surface area (Å²) in [5.74, 6) is 0.548. The zero-order valence-electron chi connectivity index (χ0n) is 9.58. The molecule has 0 atom stereocenters. The minimum Gasteiger partial charge on any atom is -0.363 e. The fourth-order valence-electron chi connectivity index (χ4n) is 1.39. The fraction of sp³-hybridized carbons (Fsp3) is 0.545. The van der Waals surface area contributed by atoms with Gasteiger partial charge in [-0.05, 0) is 38.8 Å². The Hall–Kier alpha value is -1.65. The molecule has 0 saturated heterocycles. The maximum atomic E-state index is 11.4. The third-order valence-corrected chi connectivity index (χ3v) is 2.66. The molecule has 1 fully saturated rings. The number of nitrogens with zero attached hydrogens (tertiary/aromatic N) is 2. The molecular formula is C11H16N4O. The molecule has 2 N–H and O–H groups in total. The lowest BCUT2D eigenvalue weighted by atomic mass is 10.3. The quantitative estimate of drug-likeness (QED) is 0.800. The molecule has 2 rings (SSSR count). The lowest BCUT2D eigenvalue weighted by Crippen LogP contribution is -2.24. The van der Waals surface area contributed by atoms with Crippen LogP contribution in [0.25, 0.3) is 0 Å². The second kappa shape index (κ2) is 4.08. The highest BCUT2D eigenvalue weighted by Gasteiger charge is 2.37. The number of rotatable bonds is 4. The first-order valence-electron chi connectivity index (χ1n) is 5.53. The molecular weight excluding hydrogens is 204 g/mol. The van der Waals surface area contributed by atoms with E-state index in [9.17, 15) is 4.79 Å². The van der Waals surface area contributed by atoms with Crippen LogP contribution in [0.15, 0.2) is 12.1 Å². The minimum absolute atomic E-state index is 0.181. The first kappa shape index (κ1) is 10.9. The minimum atomic E-state index is -0.181. The van der Waals surface area contributed by atoms with Crippen LogP contribution < -0.4 is 10.6 Å². The number of nitrogens with one attached hydrogen (secondary N) is 2. The van der Waals surface area contributed by atoms with E-state index in [2.05, 4.69) is 27.8 Å². The molecule has 0 radical (unpaired) electrons. The lowest BCUT2D eigenvalue weighted by molar-refractivity contribution is 0.0950. The van der Waals surface area contributed by atoms with E-state index in [1.54, 1.807) is 12.1 Å². The maximum Gasteiger partial charge on any atom is 0.271 e. The monoisotopic (exact) mass is 220 g/mol. The van der Waals surface area contributed by atoms with E-state index in [1.807, 2.05) is 6.92 Å². The van der Waals surface area contributed by atoms with E-state index < -0.39 is 0 Å². The Bertz CT molecular complexity index is 383. The Morgan fingerprint density at radius 3 is 2.69 bits per heavy atom. The van der Waals surface area contributed by atoms with E-state index in [0.29, 0.717) is 12.2 Å². The summed E-state index contributed by atoms with van der Waals surface area (Å²) >= 11 is 0. The highest BCUT2D eigenvalue weighted by molar-refractivity contribution is 5.92. The van der Waals surface area contributed by atoms with E-state index in [-0.39, 0.29) is 11.4 Å². The number of hydrogen-bond acceptors (Lipinski definition) is 4. The summed E-state index contributed by atoms with van der Waals surface area (Å²) in [5.41, 5.74) is 0.537. The van der Waals surface area contributed by atoms with Crippen molar-refractivity contribution >= 4 is 11.7 Å². The van der Waals surface area contributed by atoms with Gasteiger partial charge in [0.05, 0.1) is 0 Å². The Morgan fingerprint density at radius 2 is 2.19 bits per heavy atom. The number of amides is 1. The summed E-state index contributed by atoms with van der Waals surface area (Å²) in [5, 5.41) is 13.8. The van der Waals surface area contributed by atoms with Gasteiger partial charge < -0.3 is 10.6 Å². The molecule has 86 valence electrons. The molecule has 1 aromatic rings. The van der Waals surface area contributed by atoms with E-state index in [0.717, 1.165) is 18.7 Å². The molecule has 16 heavy (non-hydrogen) atoms. The normalized spacial score (nSPS) is 16.6. The van der Waals surface area contributed by atoms with Crippen molar-refractivity contribution in [3.05, 3.63) is 17.8 Å². The third-order valence-electron chi connectivity index (χ3n) is 2.66. The van der Waals surface area contributed by atoms with Crippen LogP contribution in [-0.4, -0.2) is 28.2 Å². The number of aromatic nitrogens is 2. The van der Waals surface area contributed by atoms with Crippen molar-refractivity contribution in [1.82, 2.24) is 15.5 Å². The largest absolute Gasteiger partial charge is 0.363 e. The van der Waals surface area contributed by atoms with Gasteiger partial charge in [-0.3, -0.25) is 4.79 Å². The van der Waals surface area contributed by atoms with Crippen LogP contribution in [0.2, 0.25) is 0 Å². The lowest BCUT2D eigenvalue weighted by Gasteiger charge is -2.11. The summed E-state index contributed by atoms with van der Waals surface area (Å²) in [6, 6.07) is 3.48. The number of anilines is 1. The molecule has 1 aliphatic carbocycles. The Labute approximate surface area is 94.6 Å². The molecule has 1 saturated carbocycles. The van der Waals surface area contributed by atoms with Crippen LogP contribution in [0.5, 0.6) is 0 Å². The van der Waals surface area contributed by atoms with Gasteiger partial charge in [0.1, 0.15) is 5.82 Å². The van der Waals surface area contributed by atoms with Crippen molar-refractivity contribution in [1.29, 1.82) is 0 Å². The smallest absolute Gasteiger partial charge is 0.271 e. The predicted octanol–water partition coefficient (Wildman–Crippen LogP) is 1.19. The van der Waals surface area contributed by atoms with Gasteiger partial charge in [-0.15, -0.1) is 10.2 Å². The number of carbonyl (C=O) groups is 1. The van der Waals surface area contributed by atoms with Crippen LogP contribution in [-0.2, 0) is 0 Å². The summed E-state index contributed by atoms with van der Waals surface area (Å²) in [6.07, 6.45) is 2.32. The zero-order valence-corrected chi connectivity index (χ0v) is 9.58. The highest BCUT2D eigenvalue weighted by Crippen LogP contribution is 2.37. The second-order valence-corrected chi connectivity index (χ2v) is 4.35. The molecule has 5 heteroatoms. The summed E-state index contributed by atoms with van der Waals surface area (Å²) < 4.78 is 0. The van der Waals surface area contributed by atoms with Crippen LogP contribution in [0, 0.1) is 0 Å². The SMILES string of the molecule is CCNC(=O)c1ccc(NC2(C)CC2)nn1. The van der Waals surface area contributed by atoms with Crippen molar-refractivity contribution in [2.45, 2.75) is 32.2 Å². The molecule has 1 aliphatic rings. The number of carbonyl (C=O) groups excluding carboxylic acids is 1. The standard InChI is InChI=1S/C11H16N4O/c1-3-12-10(16)8-4-5-9(15-14-8)13-11(2)6-7-11/h4-5H,3,6-7H2,1-2H3,(H,12,16)(H,13,15). The van der Waals surface area contributed by atoms with Gasteiger partial charge >= 0.3 is 0 Å². The Balaban J connectivity index is 2.01. The molecule has 0 unspecified atom stereocenters. The number of hydrogen-bond donors (Lipinski definition) is 2. The van der Waals surface area contributed by atoms with Crippen molar-refractivity contribution < 1.29 is 4.79 Å². The third kappa shape index (κ3) is 2.48. The van der Waals surface area contributed by atoms with Gasteiger partial charge in [0.15, 0.2) is 5.69 Å². The van der Waals surface area contributed by atoms with Crippen molar-refractivity contribution in [3.63, 3.8) is 0 Å². The average Bonchev–Trinajstić information content (AvgIpc) is 2.97. The zero-order chi connectivity index (χ0) is 11.6. The first-order valence-corrected chi connectivity index (χ1v) is 5.53. The molecule has 1 aromatic heterocycles. The van der Waals surface area contributed by atoms with Crippen LogP contribution in [0.3, 0.4) is 0 Å². The van der Waals surface area contributed by atoms with Gasteiger partial charge in [0.25, 0.3) is 5.91 Å². The molecule has 0 bridgehead atoms. The van der Waals surface area contributed by atoms with Crippen molar-refractivity contribution in [2.24, 2.45) is 0 Å². The van der Waals surface area contributed by atoms with Crippen molar-refractivity contribution in [3.8, 4) is 0 Å². The Kier molecular flexibility index (Phi) is 2.77. The van der Waals surface area contributed by atoms with Crippen LogP contribution >= 0.6 is 0 Å². The second-order valence-electron chi connectivity index (χ2n) is 4.35. The molecule has 5 nitrogen and oxygen atoms in total. The molecule has 0 aromatic carbocycles. The van der Waals surface area contributed by atoms with E-state index >= 15 is 0 Å². The van der Waals surface area contributed by atoms with Crippen LogP contribution in [0.4, 0.5) is 5.82 Å². The van der Waals surface area contributed by atoms with E-state index in [4.69, 9.17) is 0 Å². The van der Waals surface area contributed by atoms with Crippen LogP contribution in [0.1, 0.15) is 37.2 Å². The Morgan fingerprint density at radius 1 is 1.44 bits per heavy atom. The summed E-state index contributed by atoms with van der Waals surface area (Å²) in [6.45, 7) is 4.61. The highest BCUT2D eigenvalue weighted by atomic mass is 16.1. The molecule has 1 amide bonds. The van der Waals surface area contributed by atoms with Gasteiger partial charge in [0.2, 0.25) is 0 Å². The fourth-order valence-corrected chi connectivity index (χ4v) is 1.39.